The summed E-state index contributed by atoms with van der Waals surface area (Å²) in [5.41, 5.74) is 3.61. The van der Waals surface area contributed by atoms with Crippen molar-refractivity contribution in [2.45, 2.75) is 38.8 Å². The van der Waals surface area contributed by atoms with E-state index in [0.717, 1.165) is 69.1 Å². The first-order chi connectivity index (χ1) is 16.6. The molecule has 2 saturated heterocycles. The highest BCUT2D eigenvalue weighted by Crippen LogP contribution is 2.31. The Morgan fingerprint density at radius 3 is 2.50 bits per heavy atom. The summed E-state index contributed by atoms with van der Waals surface area (Å²) in [6, 6.07) is 8.82. The van der Waals surface area contributed by atoms with Crippen molar-refractivity contribution >= 4 is 23.0 Å². The van der Waals surface area contributed by atoms with Gasteiger partial charge in [-0.3, -0.25) is 5.32 Å². The largest absolute Gasteiger partial charge is 0.369 e. The molecule has 2 fully saturated rings. The van der Waals surface area contributed by atoms with Crippen LogP contribution in [0.1, 0.15) is 38.2 Å². The average molecular weight is 465 g/mol. The monoisotopic (exact) mass is 464 g/mol. The van der Waals surface area contributed by atoms with Crippen molar-refractivity contribution in [2.75, 3.05) is 68.4 Å². The van der Waals surface area contributed by atoms with E-state index < -0.39 is 0 Å². The predicted molar refractivity (Wildman–Crippen MR) is 141 cm³/mol. The van der Waals surface area contributed by atoms with Crippen molar-refractivity contribution in [3.05, 3.63) is 42.1 Å². The van der Waals surface area contributed by atoms with Crippen LogP contribution in [0.15, 0.2) is 36.5 Å². The minimum absolute atomic E-state index is 0.0729. The molecule has 0 spiro atoms. The molecular formula is C26H40N8. The smallest absolute Gasteiger partial charge is 0.136 e. The lowest BCUT2D eigenvalue weighted by atomic mass is 9.98. The van der Waals surface area contributed by atoms with E-state index in [4.69, 9.17) is 5.10 Å². The molecule has 1 unspecified atom stereocenters. The average Bonchev–Trinajstić information content (AvgIpc) is 3.29. The van der Waals surface area contributed by atoms with E-state index >= 15 is 0 Å². The molecule has 0 radical (unpaired) electrons. The molecule has 4 heterocycles. The SMILES string of the molecule is CC(C)c1cnn2c1NC(NCC1CCNCC1)C=C2Nc1ccc(N2CCN(C)CC2)cc1. The number of fused-ring (bicyclic) bond motifs is 1. The van der Waals surface area contributed by atoms with Gasteiger partial charge in [0.2, 0.25) is 0 Å². The fraction of sp³-hybridized carbons (Fsp3) is 0.577. The Hall–Kier alpha value is -2.55. The second-order valence-corrected chi connectivity index (χ2v) is 10.3. The lowest BCUT2D eigenvalue weighted by Gasteiger charge is -2.34. The van der Waals surface area contributed by atoms with Gasteiger partial charge < -0.3 is 25.8 Å². The minimum Gasteiger partial charge on any atom is -0.369 e. The lowest BCUT2D eigenvalue weighted by Crippen LogP contribution is -2.44. The topological polar surface area (TPSA) is 72.4 Å². The summed E-state index contributed by atoms with van der Waals surface area (Å²) in [6.07, 6.45) is 6.77. The molecule has 0 saturated carbocycles. The van der Waals surface area contributed by atoms with Gasteiger partial charge in [0.15, 0.2) is 0 Å². The van der Waals surface area contributed by atoms with Crippen LogP contribution in [0.4, 0.5) is 17.2 Å². The van der Waals surface area contributed by atoms with E-state index in [-0.39, 0.29) is 6.17 Å². The second-order valence-electron chi connectivity index (χ2n) is 10.3. The van der Waals surface area contributed by atoms with Crippen LogP contribution in [0.25, 0.3) is 5.82 Å². The van der Waals surface area contributed by atoms with E-state index in [1.54, 1.807) is 0 Å². The summed E-state index contributed by atoms with van der Waals surface area (Å²) < 4.78 is 2.01. The number of anilines is 3. The van der Waals surface area contributed by atoms with Crippen LogP contribution < -0.4 is 26.2 Å². The van der Waals surface area contributed by atoms with Crippen LogP contribution in [0.5, 0.6) is 0 Å². The van der Waals surface area contributed by atoms with Crippen molar-refractivity contribution in [3.63, 3.8) is 0 Å². The van der Waals surface area contributed by atoms with Gasteiger partial charge >= 0.3 is 0 Å². The van der Waals surface area contributed by atoms with Gasteiger partial charge in [-0.05, 0) is 75.2 Å². The third-order valence-electron chi connectivity index (χ3n) is 7.36. The minimum atomic E-state index is 0.0729. The quantitative estimate of drug-likeness (QED) is 0.502. The van der Waals surface area contributed by atoms with Gasteiger partial charge in [-0.1, -0.05) is 13.8 Å². The van der Waals surface area contributed by atoms with E-state index in [1.165, 1.54) is 24.1 Å². The number of piperidine rings is 1. The molecule has 1 atom stereocenters. The molecule has 1 aromatic carbocycles. The number of rotatable bonds is 7. The Kier molecular flexibility index (Phi) is 7.08. The first kappa shape index (κ1) is 23.2. The molecule has 8 nitrogen and oxygen atoms in total. The van der Waals surface area contributed by atoms with Gasteiger partial charge in [-0.25, -0.2) is 4.68 Å². The van der Waals surface area contributed by atoms with Crippen LogP contribution in [-0.2, 0) is 0 Å². The summed E-state index contributed by atoms with van der Waals surface area (Å²) >= 11 is 0. The first-order valence-electron chi connectivity index (χ1n) is 12.9. The Morgan fingerprint density at radius 2 is 1.79 bits per heavy atom. The van der Waals surface area contributed by atoms with Gasteiger partial charge in [0.1, 0.15) is 17.8 Å². The zero-order valence-corrected chi connectivity index (χ0v) is 20.8. The summed E-state index contributed by atoms with van der Waals surface area (Å²) in [5, 5.41) is 19.3. The maximum atomic E-state index is 4.71. The standard InChI is InChI=1S/C26H40N8/c1-19(2)23-18-29-34-25(16-24(31-26(23)34)28-17-20-8-10-27-11-9-20)30-21-4-6-22(7-5-21)33-14-12-32(3)13-15-33/h4-7,16,18-20,24,27-28,30-31H,8-15,17H2,1-3H3. The molecule has 2 aromatic rings. The van der Waals surface area contributed by atoms with Crippen molar-refractivity contribution in [1.29, 1.82) is 0 Å². The van der Waals surface area contributed by atoms with Crippen LogP contribution in [-0.4, -0.2) is 73.7 Å². The predicted octanol–water partition coefficient (Wildman–Crippen LogP) is 3.01. The molecule has 3 aliphatic heterocycles. The normalized spacial score (nSPS) is 21.8. The van der Waals surface area contributed by atoms with Gasteiger partial charge in [0.25, 0.3) is 0 Å². The van der Waals surface area contributed by atoms with Crippen molar-refractivity contribution in [2.24, 2.45) is 5.92 Å². The highest BCUT2D eigenvalue weighted by molar-refractivity contribution is 5.72. The van der Waals surface area contributed by atoms with Crippen LogP contribution in [0, 0.1) is 5.92 Å². The second kappa shape index (κ2) is 10.4. The molecule has 0 bridgehead atoms. The van der Waals surface area contributed by atoms with Gasteiger partial charge in [0.05, 0.1) is 6.20 Å². The molecule has 0 amide bonds. The van der Waals surface area contributed by atoms with Crippen molar-refractivity contribution in [3.8, 4) is 0 Å². The number of nitrogens with one attached hydrogen (secondary N) is 4. The molecule has 4 N–H and O–H groups in total. The van der Waals surface area contributed by atoms with Gasteiger partial charge in [-0.2, -0.15) is 5.10 Å². The van der Waals surface area contributed by atoms with Crippen molar-refractivity contribution < 1.29 is 0 Å². The number of likely N-dealkylation sites (N-methyl/N-ethyl adjacent to an activating group) is 1. The number of nitrogens with zero attached hydrogens (tertiary/aromatic N) is 4. The maximum Gasteiger partial charge on any atom is 0.136 e. The number of piperazine rings is 1. The fourth-order valence-electron chi connectivity index (χ4n) is 5.08. The van der Waals surface area contributed by atoms with E-state index in [0.29, 0.717) is 5.92 Å². The Bertz CT molecular complexity index is 965. The third kappa shape index (κ3) is 5.24. The van der Waals surface area contributed by atoms with E-state index in [9.17, 15) is 0 Å². The molecule has 184 valence electrons. The van der Waals surface area contributed by atoms with Gasteiger partial charge in [-0.15, -0.1) is 0 Å². The number of hydrogen-bond acceptors (Lipinski definition) is 7. The number of benzene rings is 1. The van der Waals surface area contributed by atoms with Crippen LogP contribution in [0.3, 0.4) is 0 Å². The van der Waals surface area contributed by atoms with Crippen LogP contribution in [0.2, 0.25) is 0 Å². The molecule has 3 aliphatic rings. The fourth-order valence-corrected chi connectivity index (χ4v) is 5.08. The molecule has 0 aliphatic carbocycles. The molecule has 34 heavy (non-hydrogen) atoms. The summed E-state index contributed by atoms with van der Waals surface area (Å²) in [7, 11) is 2.19. The molecular weight excluding hydrogens is 424 g/mol. The lowest BCUT2D eigenvalue weighted by molar-refractivity contribution is 0.313. The highest BCUT2D eigenvalue weighted by atomic mass is 15.4. The molecule has 1 aromatic heterocycles. The van der Waals surface area contributed by atoms with Crippen LogP contribution >= 0.6 is 0 Å². The summed E-state index contributed by atoms with van der Waals surface area (Å²) in [6.45, 7) is 12.1. The molecule has 8 heteroatoms. The maximum absolute atomic E-state index is 4.71. The zero-order chi connectivity index (χ0) is 23.5. The highest BCUT2D eigenvalue weighted by Gasteiger charge is 2.25. The first-order valence-corrected chi connectivity index (χ1v) is 12.9. The Morgan fingerprint density at radius 1 is 1.06 bits per heavy atom. The summed E-state index contributed by atoms with van der Waals surface area (Å²) in [5.74, 6) is 3.21. The van der Waals surface area contributed by atoms with Gasteiger partial charge in [0, 0.05) is 49.7 Å². The molecule has 5 rings (SSSR count). The third-order valence-corrected chi connectivity index (χ3v) is 7.36. The Labute approximate surface area is 203 Å². The Balaban J connectivity index is 1.31. The number of aromatic nitrogens is 2. The zero-order valence-electron chi connectivity index (χ0n) is 20.8. The number of hydrogen-bond donors (Lipinski definition) is 4. The summed E-state index contributed by atoms with van der Waals surface area (Å²) in [4.78, 5) is 4.85. The van der Waals surface area contributed by atoms with E-state index in [1.807, 2.05) is 10.9 Å². The van der Waals surface area contributed by atoms with Crippen molar-refractivity contribution in [1.82, 2.24) is 25.3 Å². The van der Waals surface area contributed by atoms with E-state index in [2.05, 4.69) is 82.3 Å².